The van der Waals surface area contributed by atoms with Gasteiger partial charge in [0.05, 0.1) is 17.6 Å². The Kier molecular flexibility index (Phi) is 3.01. The van der Waals surface area contributed by atoms with E-state index in [0.29, 0.717) is 10.6 Å². The minimum atomic E-state index is -0.500. The van der Waals surface area contributed by atoms with Crippen LogP contribution >= 0.6 is 11.3 Å². The quantitative estimate of drug-likeness (QED) is 0.765. The molecule has 0 unspecified atom stereocenters. The van der Waals surface area contributed by atoms with E-state index in [-0.39, 0.29) is 11.3 Å². The maximum Gasteiger partial charge on any atom is 0.206 e. The van der Waals surface area contributed by atoms with Gasteiger partial charge in [0.15, 0.2) is 0 Å². The lowest BCUT2D eigenvalue weighted by Gasteiger charge is -1.98. The molecular formula is C12H9FO2S. The van der Waals surface area contributed by atoms with Gasteiger partial charge in [0, 0.05) is 11.4 Å². The fourth-order valence-electron chi connectivity index (χ4n) is 1.32. The molecule has 4 heteroatoms. The SMILES string of the molecule is COc1csc(C(=O)c2ccccc2F)c1. The molecule has 82 valence electrons. The van der Waals surface area contributed by atoms with Gasteiger partial charge in [0.1, 0.15) is 11.6 Å². The summed E-state index contributed by atoms with van der Waals surface area (Å²) in [6, 6.07) is 7.56. The summed E-state index contributed by atoms with van der Waals surface area (Å²) in [4.78, 5) is 12.4. The molecule has 1 heterocycles. The van der Waals surface area contributed by atoms with Crippen LogP contribution in [0.4, 0.5) is 4.39 Å². The van der Waals surface area contributed by atoms with Crippen molar-refractivity contribution in [1.82, 2.24) is 0 Å². The first-order chi connectivity index (χ1) is 7.72. The van der Waals surface area contributed by atoms with Crippen LogP contribution in [0.5, 0.6) is 5.75 Å². The number of carbonyl (C=O) groups is 1. The second-order valence-electron chi connectivity index (χ2n) is 3.16. The lowest BCUT2D eigenvalue weighted by Crippen LogP contribution is -2.01. The second-order valence-corrected chi connectivity index (χ2v) is 4.07. The summed E-state index contributed by atoms with van der Waals surface area (Å²) in [6.07, 6.45) is 0. The van der Waals surface area contributed by atoms with Crippen LogP contribution in [0.2, 0.25) is 0 Å². The van der Waals surface area contributed by atoms with Crippen molar-refractivity contribution in [2.45, 2.75) is 0 Å². The van der Waals surface area contributed by atoms with Crippen molar-refractivity contribution in [2.75, 3.05) is 7.11 Å². The summed E-state index contributed by atoms with van der Waals surface area (Å²) < 4.78 is 18.3. The molecule has 0 saturated carbocycles. The van der Waals surface area contributed by atoms with Crippen LogP contribution in [0.1, 0.15) is 15.2 Å². The number of benzene rings is 1. The Morgan fingerprint density at radius 3 is 2.75 bits per heavy atom. The van der Waals surface area contributed by atoms with Crippen LogP contribution in [0.3, 0.4) is 0 Å². The molecule has 2 rings (SSSR count). The Morgan fingerprint density at radius 1 is 1.38 bits per heavy atom. The highest BCUT2D eigenvalue weighted by Gasteiger charge is 2.15. The third kappa shape index (κ3) is 1.97. The molecule has 2 aromatic rings. The van der Waals surface area contributed by atoms with Crippen molar-refractivity contribution in [1.29, 1.82) is 0 Å². The normalized spacial score (nSPS) is 10.1. The first-order valence-electron chi connectivity index (χ1n) is 4.64. The number of rotatable bonds is 3. The molecule has 0 spiro atoms. The molecule has 0 saturated heterocycles. The summed E-state index contributed by atoms with van der Waals surface area (Å²) in [5.74, 6) is -0.198. The molecule has 0 amide bonds. The molecule has 0 aliphatic rings. The van der Waals surface area contributed by atoms with Gasteiger partial charge in [0.2, 0.25) is 5.78 Å². The van der Waals surface area contributed by atoms with Crippen LogP contribution in [-0.2, 0) is 0 Å². The topological polar surface area (TPSA) is 26.3 Å². The van der Waals surface area contributed by atoms with Crippen molar-refractivity contribution in [3.63, 3.8) is 0 Å². The predicted octanol–water partition coefficient (Wildman–Crippen LogP) is 3.13. The molecule has 16 heavy (non-hydrogen) atoms. The number of ketones is 1. The monoisotopic (exact) mass is 236 g/mol. The molecular weight excluding hydrogens is 227 g/mol. The summed E-state index contributed by atoms with van der Waals surface area (Å²) in [6.45, 7) is 0. The van der Waals surface area contributed by atoms with Crippen molar-refractivity contribution in [2.24, 2.45) is 0 Å². The molecule has 0 N–H and O–H groups in total. The zero-order valence-corrected chi connectivity index (χ0v) is 9.38. The summed E-state index contributed by atoms with van der Waals surface area (Å²) in [7, 11) is 1.53. The average Bonchev–Trinajstić information content (AvgIpc) is 2.77. The zero-order chi connectivity index (χ0) is 11.5. The molecule has 0 atom stereocenters. The van der Waals surface area contributed by atoms with Crippen molar-refractivity contribution in [3.05, 3.63) is 52.0 Å². The van der Waals surface area contributed by atoms with Gasteiger partial charge in [-0.1, -0.05) is 12.1 Å². The van der Waals surface area contributed by atoms with Gasteiger partial charge < -0.3 is 4.74 Å². The fourth-order valence-corrected chi connectivity index (χ4v) is 2.13. The number of methoxy groups -OCH3 is 1. The molecule has 0 radical (unpaired) electrons. The smallest absolute Gasteiger partial charge is 0.206 e. The molecule has 0 aliphatic heterocycles. The van der Waals surface area contributed by atoms with Crippen LogP contribution < -0.4 is 4.74 Å². The number of hydrogen-bond acceptors (Lipinski definition) is 3. The standard InChI is InChI=1S/C12H9FO2S/c1-15-8-6-11(16-7-8)12(14)9-4-2-3-5-10(9)13/h2-7H,1H3. The second kappa shape index (κ2) is 4.45. The molecule has 1 aromatic heterocycles. The number of hydrogen-bond donors (Lipinski definition) is 0. The predicted molar refractivity (Wildman–Crippen MR) is 60.7 cm³/mol. The third-order valence-corrected chi connectivity index (χ3v) is 3.06. The van der Waals surface area contributed by atoms with E-state index in [1.54, 1.807) is 23.6 Å². The largest absolute Gasteiger partial charge is 0.496 e. The number of thiophene rings is 1. The lowest BCUT2D eigenvalue weighted by molar-refractivity contribution is 0.103. The van der Waals surface area contributed by atoms with Crippen molar-refractivity contribution >= 4 is 17.1 Å². The van der Waals surface area contributed by atoms with Crippen molar-refractivity contribution in [3.8, 4) is 5.75 Å². The Labute approximate surface area is 96.3 Å². The maximum absolute atomic E-state index is 13.4. The van der Waals surface area contributed by atoms with Gasteiger partial charge in [-0.05, 0) is 12.1 Å². The highest BCUT2D eigenvalue weighted by atomic mass is 32.1. The maximum atomic E-state index is 13.4. The van der Waals surface area contributed by atoms with E-state index in [1.165, 1.54) is 30.6 Å². The van der Waals surface area contributed by atoms with E-state index in [1.807, 2.05) is 0 Å². The fraction of sp³-hybridized carbons (Fsp3) is 0.0833. The molecule has 1 aromatic carbocycles. The van der Waals surface area contributed by atoms with E-state index < -0.39 is 5.82 Å². The van der Waals surface area contributed by atoms with E-state index in [0.717, 1.165) is 0 Å². The summed E-state index contributed by atoms with van der Waals surface area (Å²) >= 11 is 1.24. The van der Waals surface area contributed by atoms with Gasteiger partial charge in [-0.25, -0.2) is 4.39 Å². The highest BCUT2D eigenvalue weighted by Crippen LogP contribution is 2.24. The number of halogens is 1. The Balaban J connectivity index is 2.35. The molecule has 0 aliphatic carbocycles. The number of ether oxygens (including phenoxy) is 1. The van der Waals surface area contributed by atoms with Gasteiger partial charge in [-0.2, -0.15) is 0 Å². The van der Waals surface area contributed by atoms with Crippen molar-refractivity contribution < 1.29 is 13.9 Å². The first-order valence-corrected chi connectivity index (χ1v) is 5.52. The van der Waals surface area contributed by atoms with Crippen LogP contribution in [0.15, 0.2) is 35.7 Å². The minimum Gasteiger partial charge on any atom is -0.496 e. The van der Waals surface area contributed by atoms with E-state index in [2.05, 4.69) is 0 Å². The minimum absolute atomic E-state index is 0.0898. The van der Waals surface area contributed by atoms with Crippen LogP contribution in [-0.4, -0.2) is 12.9 Å². The average molecular weight is 236 g/mol. The Hall–Kier alpha value is -1.68. The summed E-state index contributed by atoms with van der Waals surface area (Å²) in [5.41, 5.74) is 0.0898. The molecule has 0 bridgehead atoms. The summed E-state index contributed by atoms with van der Waals surface area (Å²) in [5, 5.41) is 1.72. The Bertz CT molecular complexity index is 519. The van der Waals surface area contributed by atoms with Gasteiger partial charge in [-0.3, -0.25) is 4.79 Å². The third-order valence-electron chi connectivity index (χ3n) is 2.15. The molecule has 0 fully saturated rings. The van der Waals surface area contributed by atoms with Crippen LogP contribution in [0.25, 0.3) is 0 Å². The highest BCUT2D eigenvalue weighted by molar-refractivity contribution is 7.12. The first kappa shape index (κ1) is 10.8. The lowest BCUT2D eigenvalue weighted by atomic mass is 10.1. The van der Waals surface area contributed by atoms with Gasteiger partial charge in [0.25, 0.3) is 0 Å². The van der Waals surface area contributed by atoms with E-state index in [4.69, 9.17) is 4.74 Å². The van der Waals surface area contributed by atoms with Gasteiger partial charge >= 0.3 is 0 Å². The van der Waals surface area contributed by atoms with E-state index in [9.17, 15) is 9.18 Å². The zero-order valence-electron chi connectivity index (χ0n) is 8.57. The van der Waals surface area contributed by atoms with E-state index >= 15 is 0 Å². The van der Waals surface area contributed by atoms with Crippen LogP contribution in [0, 0.1) is 5.82 Å². The van der Waals surface area contributed by atoms with Gasteiger partial charge in [-0.15, -0.1) is 11.3 Å². The molecule has 2 nitrogen and oxygen atoms in total. The number of carbonyl (C=O) groups excluding carboxylic acids is 1. The Morgan fingerprint density at radius 2 is 2.12 bits per heavy atom.